The van der Waals surface area contributed by atoms with Gasteiger partial charge in [-0.05, 0) is 49.5 Å². The molecule has 110 valence electrons. The zero-order valence-corrected chi connectivity index (χ0v) is 13.4. The van der Waals surface area contributed by atoms with E-state index in [4.69, 9.17) is 0 Å². The molecule has 21 heavy (non-hydrogen) atoms. The van der Waals surface area contributed by atoms with Gasteiger partial charge in [0, 0.05) is 16.1 Å². The van der Waals surface area contributed by atoms with Crippen LogP contribution in [0.15, 0.2) is 34.9 Å². The number of nitrogens with one attached hydrogen (secondary N) is 1. The Morgan fingerprint density at radius 2 is 2.00 bits per heavy atom. The van der Waals surface area contributed by atoms with Crippen molar-refractivity contribution in [3.63, 3.8) is 0 Å². The van der Waals surface area contributed by atoms with Crippen LogP contribution in [0.3, 0.4) is 0 Å². The maximum atomic E-state index is 12.1. The zero-order valence-electron chi connectivity index (χ0n) is 11.8. The highest BCUT2D eigenvalue weighted by molar-refractivity contribution is 9.10. The summed E-state index contributed by atoms with van der Waals surface area (Å²) in [7, 11) is 0. The second-order valence-corrected chi connectivity index (χ2v) is 6.36. The number of carbonyl (C=O) groups excluding carboxylic acids is 1. The second-order valence-electron chi connectivity index (χ2n) is 5.45. The summed E-state index contributed by atoms with van der Waals surface area (Å²) in [5.74, 6) is 0.626. The number of hydrogen-bond acceptors (Lipinski definition) is 3. The first-order chi connectivity index (χ1) is 10.2. The highest BCUT2D eigenvalue weighted by atomic mass is 79.9. The van der Waals surface area contributed by atoms with Gasteiger partial charge in [0.15, 0.2) is 0 Å². The maximum absolute atomic E-state index is 12.1. The molecule has 1 aromatic heterocycles. The summed E-state index contributed by atoms with van der Waals surface area (Å²) in [6.07, 6.45) is 5.45. The van der Waals surface area contributed by atoms with Crippen LogP contribution in [0, 0.1) is 0 Å². The molecule has 2 aromatic rings. The minimum absolute atomic E-state index is 0.0127. The molecule has 1 aliphatic heterocycles. The molecule has 3 rings (SSSR count). The average molecular weight is 348 g/mol. The van der Waals surface area contributed by atoms with Crippen LogP contribution in [0.25, 0.3) is 10.8 Å². The minimum Gasteiger partial charge on any atom is -0.310 e. The van der Waals surface area contributed by atoms with Gasteiger partial charge in [-0.3, -0.25) is 9.69 Å². The smallest absolute Gasteiger partial charge is 0.239 e. The summed E-state index contributed by atoms with van der Waals surface area (Å²) < 4.78 is 1.02. The number of hydrogen-bond donors (Lipinski definition) is 1. The van der Waals surface area contributed by atoms with E-state index < -0.39 is 0 Å². The lowest BCUT2D eigenvalue weighted by atomic mass is 10.1. The van der Waals surface area contributed by atoms with E-state index in [-0.39, 0.29) is 5.91 Å². The lowest BCUT2D eigenvalue weighted by molar-refractivity contribution is -0.117. The summed E-state index contributed by atoms with van der Waals surface area (Å²) in [5.41, 5.74) is 0. The summed E-state index contributed by atoms with van der Waals surface area (Å²) in [5, 5.41) is 5.02. The molecule has 1 saturated heterocycles. The molecule has 0 spiro atoms. The largest absolute Gasteiger partial charge is 0.310 e. The number of fused-ring (bicyclic) bond motifs is 1. The number of nitrogens with zero attached hydrogens (tertiary/aromatic N) is 2. The Hall–Kier alpha value is -1.46. The van der Waals surface area contributed by atoms with Crippen molar-refractivity contribution in [1.29, 1.82) is 0 Å². The first-order valence-corrected chi connectivity index (χ1v) is 8.07. The van der Waals surface area contributed by atoms with Crippen LogP contribution in [0.2, 0.25) is 0 Å². The predicted molar refractivity (Wildman–Crippen MR) is 88.4 cm³/mol. The van der Waals surface area contributed by atoms with Gasteiger partial charge in [-0.2, -0.15) is 0 Å². The quantitative estimate of drug-likeness (QED) is 0.925. The highest BCUT2D eigenvalue weighted by Crippen LogP contribution is 2.21. The monoisotopic (exact) mass is 347 g/mol. The van der Waals surface area contributed by atoms with Gasteiger partial charge in [0.2, 0.25) is 5.91 Å². The van der Waals surface area contributed by atoms with E-state index in [2.05, 4.69) is 31.1 Å². The van der Waals surface area contributed by atoms with Crippen molar-refractivity contribution < 1.29 is 4.79 Å². The highest BCUT2D eigenvalue weighted by Gasteiger charge is 2.14. The molecule has 0 atom stereocenters. The Kier molecular flexibility index (Phi) is 4.51. The van der Waals surface area contributed by atoms with E-state index in [1.54, 1.807) is 6.20 Å². The van der Waals surface area contributed by atoms with Crippen molar-refractivity contribution in [2.45, 2.75) is 19.3 Å². The second kappa shape index (κ2) is 6.54. The normalized spacial score (nSPS) is 16.0. The summed E-state index contributed by atoms with van der Waals surface area (Å²) in [6.45, 7) is 2.50. The molecule has 0 bridgehead atoms. The molecular weight excluding hydrogens is 330 g/mol. The van der Waals surface area contributed by atoms with Crippen LogP contribution in [-0.2, 0) is 4.79 Å². The minimum atomic E-state index is 0.0127. The number of amides is 1. The van der Waals surface area contributed by atoms with Crippen molar-refractivity contribution in [2.24, 2.45) is 0 Å². The van der Waals surface area contributed by atoms with Crippen molar-refractivity contribution in [3.8, 4) is 0 Å². The van der Waals surface area contributed by atoms with E-state index in [1.165, 1.54) is 19.3 Å². The van der Waals surface area contributed by atoms with Gasteiger partial charge in [0.25, 0.3) is 0 Å². The molecule has 1 aliphatic rings. The van der Waals surface area contributed by atoms with Gasteiger partial charge in [-0.15, -0.1) is 0 Å². The van der Waals surface area contributed by atoms with Gasteiger partial charge in [0.1, 0.15) is 5.82 Å². The third kappa shape index (κ3) is 3.80. The number of rotatable bonds is 3. The molecular formula is C16H18BrN3O. The maximum Gasteiger partial charge on any atom is 0.239 e. The fraction of sp³-hybridized carbons (Fsp3) is 0.375. The first-order valence-electron chi connectivity index (χ1n) is 7.28. The Morgan fingerprint density at radius 3 is 2.81 bits per heavy atom. The number of piperidine rings is 1. The molecule has 2 heterocycles. The Bertz CT molecular complexity index is 653. The molecule has 1 N–H and O–H groups in total. The Balaban J connectivity index is 1.67. The van der Waals surface area contributed by atoms with Gasteiger partial charge >= 0.3 is 0 Å². The molecule has 1 amide bonds. The van der Waals surface area contributed by atoms with Gasteiger partial charge < -0.3 is 5.32 Å². The lowest BCUT2D eigenvalue weighted by Gasteiger charge is -2.25. The number of halogens is 1. The van der Waals surface area contributed by atoms with E-state index in [0.29, 0.717) is 12.4 Å². The number of benzene rings is 1. The third-order valence-corrected chi connectivity index (χ3v) is 4.26. The third-order valence-electron chi connectivity index (χ3n) is 3.77. The first kappa shape index (κ1) is 14.5. The Morgan fingerprint density at radius 1 is 1.19 bits per heavy atom. The molecule has 0 unspecified atom stereocenters. The summed E-state index contributed by atoms with van der Waals surface area (Å²) >= 11 is 3.46. The van der Waals surface area contributed by atoms with E-state index >= 15 is 0 Å². The molecule has 1 fully saturated rings. The molecule has 5 heteroatoms. The van der Waals surface area contributed by atoms with Crippen LogP contribution < -0.4 is 5.32 Å². The number of anilines is 1. The van der Waals surface area contributed by atoms with Crippen molar-refractivity contribution >= 4 is 38.4 Å². The summed E-state index contributed by atoms with van der Waals surface area (Å²) in [6, 6.07) is 7.93. The van der Waals surface area contributed by atoms with E-state index in [0.717, 1.165) is 28.3 Å². The number of likely N-dealkylation sites (tertiary alicyclic amines) is 1. The lowest BCUT2D eigenvalue weighted by Crippen LogP contribution is -2.36. The van der Waals surface area contributed by atoms with Gasteiger partial charge in [0.05, 0.1) is 6.54 Å². The fourth-order valence-corrected chi connectivity index (χ4v) is 3.06. The fourth-order valence-electron chi connectivity index (χ4n) is 2.68. The van der Waals surface area contributed by atoms with Crippen molar-refractivity contribution in [2.75, 3.05) is 25.0 Å². The number of aromatic nitrogens is 1. The van der Waals surface area contributed by atoms with Gasteiger partial charge in [-0.1, -0.05) is 28.4 Å². The van der Waals surface area contributed by atoms with Crippen LogP contribution >= 0.6 is 15.9 Å². The van der Waals surface area contributed by atoms with E-state index in [9.17, 15) is 4.79 Å². The van der Waals surface area contributed by atoms with E-state index in [1.807, 2.05) is 24.3 Å². The molecule has 0 saturated carbocycles. The molecule has 4 nitrogen and oxygen atoms in total. The molecule has 1 aromatic carbocycles. The Labute approximate surface area is 132 Å². The summed E-state index contributed by atoms with van der Waals surface area (Å²) in [4.78, 5) is 18.6. The van der Waals surface area contributed by atoms with Crippen LogP contribution in [0.1, 0.15) is 19.3 Å². The molecule has 0 aliphatic carbocycles. The number of carbonyl (C=O) groups is 1. The van der Waals surface area contributed by atoms with Gasteiger partial charge in [-0.25, -0.2) is 4.98 Å². The predicted octanol–water partition coefficient (Wildman–Crippen LogP) is 3.42. The SMILES string of the molecule is O=C(CN1CCCCC1)Nc1cc2cc(Br)ccc2cn1. The average Bonchev–Trinajstić information content (AvgIpc) is 2.47. The van der Waals surface area contributed by atoms with Crippen molar-refractivity contribution in [3.05, 3.63) is 34.9 Å². The van der Waals surface area contributed by atoms with Crippen LogP contribution in [0.5, 0.6) is 0 Å². The zero-order chi connectivity index (χ0) is 14.7. The standard InChI is InChI=1S/C16H18BrN3O/c17-14-5-4-12-10-18-15(9-13(12)8-14)19-16(21)11-20-6-2-1-3-7-20/h4-5,8-10H,1-3,6-7,11H2,(H,18,19,21). The molecule has 0 radical (unpaired) electrons. The van der Waals surface area contributed by atoms with Crippen LogP contribution in [-0.4, -0.2) is 35.4 Å². The van der Waals surface area contributed by atoms with Crippen LogP contribution in [0.4, 0.5) is 5.82 Å². The topological polar surface area (TPSA) is 45.2 Å². The van der Waals surface area contributed by atoms with Crippen molar-refractivity contribution in [1.82, 2.24) is 9.88 Å². The number of pyridine rings is 1.